The molecule has 0 aliphatic heterocycles. The number of nitrogens with one attached hydrogen (secondary N) is 11. The van der Waals surface area contributed by atoms with Crippen LogP contribution in [0, 0.1) is 29.6 Å². The van der Waals surface area contributed by atoms with Gasteiger partial charge in [0.05, 0.1) is 25.6 Å². The number of hydrogen-bond acceptors (Lipinski definition) is 16. The Labute approximate surface area is 526 Å². The van der Waals surface area contributed by atoms with E-state index in [1.165, 1.54) is 6.92 Å². The number of nitrogens with two attached hydrogens (primary N) is 4. The van der Waals surface area contributed by atoms with E-state index in [2.05, 4.69) is 63.5 Å². The van der Waals surface area contributed by atoms with E-state index in [9.17, 15) is 67.4 Å². The van der Waals surface area contributed by atoms with Gasteiger partial charge in [0.15, 0.2) is 5.96 Å². The molecule has 0 spiro atoms. The van der Waals surface area contributed by atoms with Crippen molar-refractivity contribution in [3.8, 4) is 0 Å². The molecule has 0 saturated carbocycles. The average molecular weight is 1270 g/mol. The first kappa shape index (κ1) is 79.5. The number of aliphatic hydroxyl groups excluding tert-OH is 1. The van der Waals surface area contributed by atoms with E-state index >= 15 is 0 Å². The van der Waals surface area contributed by atoms with E-state index in [0.717, 1.165) is 0 Å². The van der Waals surface area contributed by atoms with Gasteiger partial charge in [-0.05, 0) is 87.0 Å². The third kappa shape index (κ3) is 33.2. The molecule has 0 fully saturated rings. The van der Waals surface area contributed by atoms with Crippen molar-refractivity contribution in [3.05, 3.63) is 35.9 Å². The predicted octanol–water partition coefficient (Wildman–Crippen LogP) is -3.59. The van der Waals surface area contributed by atoms with Crippen LogP contribution in [0.5, 0.6) is 0 Å². The molecule has 12 amide bonds. The lowest BCUT2D eigenvalue weighted by Crippen LogP contribution is -2.60. The fourth-order valence-electron chi connectivity index (χ4n) is 8.96. The molecule has 0 aliphatic rings. The fraction of sp³-hybridized carbons (Fsp3) is 0.661. The molecule has 21 N–H and O–H groups in total. The summed E-state index contributed by atoms with van der Waals surface area (Å²) in [6.07, 6.45) is -1.89. The maximum atomic E-state index is 14.4. The van der Waals surface area contributed by atoms with Crippen molar-refractivity contribution in [2.24, 2.45) is 57.5 Å². The van der Waals surface area contributed by atoms with E-state index in [1.807, 2.05) is 0 Å². The Morgan fingerprint density at radius 2 is 0.767 bits per heavy atom. The van der Waals surface area contributed by atoms with Gasteiger partial charge < -0.3 is 91.6 Å². The molecule has 0 unspecified atom stereocenters. The molecule has 1 aromatic carbocycles. The number of nitrogens with zero attached hydrogens (tertiary/aromatic N) is 1. The Morgan fingerprint density at radius 1 is 0.433 bits per heavy atom. The van der Waals surface area contributed by atoms with E-state index in [1.54, 1.807) is 99.6 Å². The van der Waals surface area contributed by atoms with Crippen molar-refractivity contribution in [1.82, 2.24) is 58.5 Å². The maximum Gasteiger partial charge on any atom is 0.322 e. The summed E-state index contributed by atoms with van der Waals surface area (Å²) in [6.45, 7) is 17.0. The summed E-state index contributed by atoms with van der Waals surface area (Å²) in [6, 6.07) is -3.59. The largest absolute Gasteiger partial charge is 0.480 e. The zero-order chi connectivity index (χ0) is 68.5. The SMILES string of the molecule is CC(C)C[C@H](NC(=O)CNC(=O)[C@@H](N)[C@@H](C)O)C(=O)N[C@@H](CC(N)=O)C(=O)N[C@@H](CCCN=C(N)N)C(=O)N[C@@H](CC(C)C)C(=O)N[C@@H](CC(C)C)C(=O)N[C@@H](CC(C)C)C(=O)NCC(=O)N[C@@H](Cc1ccccc1)C(=O)N[C@@H](CC(C)C)C(=O)NCC(=O)O. The molecule has 0 heterocycles. The molecule has 0 aromatic heterocycles. The molecule has 0 aliphatic carbocycles. The minimum atomic E-state index is -1.72. The minimum absolute atomic E-state index is 0.00240. The Balaban J connectivity index is 3.49. The highest BCUT2D eigenvalue weighted by Gasteiger charge is 2.36. The molecule has 31 nitrogen and oxygen atoms in total. The highest BCUT2D eigenvalue weighted by atomic mass is 16.4. The van der Waals surface area contributed by atoms with Gasteiger partial charge in [0.1, 0.15) is 60.9 Å². The average Bonchev–Trinajstić information content (AvgIpc) is 1.68. The van der Waals surface area contributed by atoms with Crippen LogP contribution in [0.25, 0.3) is 0 Å². The molecule has 0 bridgehead atoms. The maximum absolute atomic E-state index is 14.4. The van der Waals surface area contributed by atoms with Gasteiger partial charge in [0, 0.05) is 13.0 Å². The highest BCUT2D eigenvalue weighted by Crippen LogP contribution is 2.14. The molecule has 1 rings (SSSR count). The number of hydrogen-bond donors (Lipinski definition) is 17. The number of aliphatic hydroxyl groups is 1. The summed E-state index contributed by atoms with van der Waals surface area (Å²) in [5.41, 5.74) is 22.8. The van der Waals surface area contributed by atoms with Crippen LogP contribution in [-0.4, -0.2) is 180 Å². The first-order valence-corrected chi connectivity index (χ1v) is 30.3. The number of benzene rings is 1. The first-order valence-electron chi connectivity index (χ1n) is 30.3. The Hall–Kier alpha value is -8.48. The summed E-state index contributed by atoms with van der Waals surface area (Å²) in [5, 5.41) is 46.6. The van der Waals surface area contributed by atoms with Crippen molar-refractivity contribution in [2.75, 3.05) is 26.2 Å². The summed E-state index contributed by atoms with van der Waals surface area (Å²) >= 11 is 0. The Bertz CT molecular complexity index is 2600. The van der Waals surface area contributed by atoms with Crippen LogP contribution in [-0.2, 0) is 68.7 Å². The van der Waals surface area contributed by atoms with Gasteiger partial charge in [-0.2, -0.15) is 0 Å². The quantitative estimate of drug-likeness (QED) is 0.0171. The van der Waals surface area contributed by atoms with E-state index < -0.39 is 163 Å². The lowest BCUT2D eigenvalue weighted by Gasteiger charge is -2.29. The van der Waals surface area contributed by atoms with Gasteiger partial charge in [-0.3, -0.25) is 67.3 Å². The topological polar surface area (TPSA) is 511 Å². The molecule has 31 heteroatoms. The lowest BCUT2D eigenvalue weighted by molar-refractivity contribution is -0.138. The second kappa shape index (κ2) is 40.9. The summed E-state index contributed by atoms with van der Waals surface area (Å²) in [5.74, 6) is -12.9. The van der Waals surface area contributed by atoms with Gasteiger partial charge in [-0.15, -0.1) is 0 Å². The number of aliphatic carboxylic acids is 1. The van der Waals surface area contributed by atoms with Crippen LogP contribution in [0.3, 0.4) is 0 Å². The molecule has 90 heavy (non-hydrogen) atoms. The second-order valence-electron chi connectivity index (χ2n) is 24.4. The molecule has 0 saturated heterocycles. The normalized spacial score (nSPS) is 14.6. The van der Waals surface area contributed by atoms with E-state index in [4.69, 9.17) is 28.0 Å². The number of amides is 12. The Morgan fingerprint density at radius 3 is 1.16 bits per heavy atom. The van der Waals surface area contributed by atoms with Gasteiger partial charge in [-0.1, -0.05) is 99.6 Å². The molecular weight excluding hydrogens is 1170 g/mol. The number of aliphatic imine (C=N–C) groups is 1. The standard InChI is InChI=1S/C59H100N16O15/c1-30(2)20-38(50(82)65-27-46(78)69-43(25-36-16-13-12-14-17-36)56(88)72-39(21-31(3)4)51(83)67-29-48(80)81)71-54(86)42(24-34(9)10)74-55(87)41(23-33(7)8)73-52(84)37(18-15-19-64-59(62)63)70-57(89)44(26-45(60)77)75-53(85)40(22-32(5)6)68-47(79)28-66-58(90)49(61)35(11)76/h12-14,16-17,30-35,37-44,49,76H,15,18-29,61H2,1-11H3,(H2,60,77)(H,65,82)(H,66,90)(H,67,83)(H,68,79)(H,69,78)(H,70,89)(H,71,86)(H,72,88)(H,73,84)(H,74,87)(H,75,85)(H,80,81)(H4,62,63,64)/t35-,37+,38+,39+,40+,41+,42+,43+,44+,49+/m1/s1. The van der Waals surface area contributed by atoms with Crippen LogP contribution in [0.2, 0.25) is 0 Å². The Kier molecular flexibility index (Phi) is 36.2. The first-order chi connectivity index (χ1) is 42.0. The van der Waals surface area contributed by atoms with Crippen LogP contribution < -0.4 is 81.4 Å². The summed E-state index contributed by atoms with van der Waals surface area (Å²) in [7, 11) is 0. The summed E-state index contributed by atoms with van der Waals surface area (Å²) < 4.78 is 0. The van der Waals surface area contributed by atoms with Crippen LogP contribution >= 0.6 is 0 Å². The molecular formula is C59H100N16O15. The molecule has 1 aromatic rings. The van der Waals surface area contributed by atoms with Gasteiger partial charge in [0.2, 0.25) is 70.9 Å². The predicted molar refractivity (Wildman–Crippen MR) is 333 cm³/mol. The van der Waals surface area contributed by atoms with Crippen molar-refractivity contribution in [2.45, 2.75) is 194 Å². The number of carboxylic acid groups (broad SMARTS) is 1. The minimum Gasteiger partial charge on any atom is -0.480 e. The number of carbonyl (C=O) groups is 13. The lowest BCUT2D eigenvalue weighted by atomic mass is 9.98. The number of rotatable bonds is 42. The molecule has 506 valence electrons. The van der Waals surface area contributed by atoms with E-state index in [-0.39, 0.29) is 93.5 Å². The van der Waals surface area contributed by atoms with Crippen LogP contribution in [0.1, 0.15) is 133 Å². The number of guanidine groups is 1. The third-order valence-electron chi connectivity index (χ3n) is 13.4. The van der Waals surface area contributed by atoms with E-state index in [0.29, 0.717) is 5.56 Å². The molecule has 10 atom stereocenters. The zero-order valence-electron chi connectivity index (χ0n) is 53.7. The summed E-state index contributed by atoms with van der Waals surface area (Å²) in [4.78, 5) is 178. The number of primary amides is 1. The van der Waals surface area contributed by atoms with Gasteiger partial charge in [-0.25, -0.2) is 0 Å². The third-order valence-corrected chi connectivity index (χ3v) is 13.4. The van der Waals surface area contributed by atoms with Crippen molar-refractivity contribution < 1.29 is 72.5 Å². The molecule has 0 radical (unpaired) electrons. The van der Waals surface area contributed by atoms with Crippen molar-refractivity contribution >= 4 is 82.8 Å². The van der Waals surface area contributed by atoms with Crippen molar-refractivity contribution in [3.63, 3.8) is 0 Å². The number of carbonyl (C=O) groups excluding carboxylic acids is 12. The van der Waals surface area contributed by atoms with Gasteiger partial charge in [0.25, 0.3) is 0 Å². The zero-order valence-corrected chi connectivity index (χ0v) is 53.7. The second-order valence-corrected chi connectivity index (χ2v) is 24.4. The smallest absolute Gasteiger partial charge is 0.322 e. The van der Waals surface area contributed by atoms with Gasteiger partial charge >= 0.3 is 5.97 Å². The highest BCUT2D eigenvalue weighted by molar-refractivity contribution is 5.99. The fourth-order valence-corrected chi connectivity index (χ4v) is 8.96. The van der Waals surface area contributed by atoms with Crippen LogP contribution in [0.15, 0.2) is 35.3 Å². The number of carboxylic acids is 1. The monoisotopic (exact) mass is 1270 g/mol. The van der Waals surface area contributed by atoms with Crippen molar-refractivity contribution in [1.29, 1.82) is 0 Å². The van der Waals surface area contributed by atoms with Crippen LogP contribution in [0.4, 0.5) is 0 Å².